The van der Waals surface area contributed by atoms with E-state index < -0.39 is 5.54 Å². The summed E-state index contributed by atoms with van der Waals surface area (Å²) < 4.78 is 5.08. The molecule has 0 radical (unpaired) electrons. The number of nitrogens with one attached hydrogen (secondary N) is 2. The van der Waals surface area contributed by atoms with E-state index in [1.165, 1.54) is 11.1 Å². The fraction of sp³-hybridized carbons (Fsp3) is 0.526. The second-order valence-electron chi connectivity index (χ2n) is 7.29. The summed E-state index contributed by atoms with van der Waals surface area (Å²) in [7, 11) is 0. The van der Waals surface area contributed by atoms with E-state index in [-0.39, 0.29) is 6.03 Å². The number of hydrogen-bond acceptors (Lipinski definition) is 4. The monoisotopic (exact) mass is 340 g/mol. The highest BCUT2D eigenvalue weighted by atomic mass is 16.5. The first-order chi connectivity index (χ1) is 12.1. The van der Waals surface area contributed by atoms with Gasteiger partial charge in [-0.3, -0.25) is 0 Å². The molecule has 1 fully saturated rings. The molecular formula is C19H24N4O2. The number of urea groups is 1. The molecule has 25 heavy (non-hydrogen) atoms. The Kier molecular flexibility index (Phi) is 4.19. The van der Waals surface area contributed by atoms with Crippen LogP contribution in [0.15, 0.2) is 28.8 Å². The van der Waals surface area contributed by atoms with Gasteiger partial charge in [0.05, 0.1) is 0 Å². The van der Waals surface area contributed by atoms with Crippen molar-refractivity contribution in [2.75, 3.05) is 6.54 Å². The minimum Gasteiger partial charge on any atom is -0.340 e. The number of benzene rings is 1. The van der Waals surface area contributed by atoms with Crippen LogP contribution in [0.5, 0.6) is 0 Å². The molecule has 1 aromatic heterocycles. The summed E-state index contributed by atoms with van der Waals surface area (Å²) in [4.78, 5) is 16.7. The molecule has 0 bridgehead atoms. The summed E-state index contributed by atoms with van der Waals surface area (Å²) in [5.41, 5.74) is 2.41. The van der Waals surface area contributed by atoms with E-state index >= 15 is 0 Å². The first-order valence-electron chi connectivity index (χ1n) is 9.08. The normalized spacial score (nSPS) is 21.1. The third-order valence-electron chi connectivity index (χ3n) is 5.52. The largest absolute Gasteiger partial charge is 0.340 e. The predicted octanol–water partition coefficient (Wildman–Crippen LogP) is 2.86. The van der Waals surface area contributed by atoms with Gasteiger partial charge in [0.15, 0.2) is 5.82 Å². The van der Waals surface area contributed by atoms with Gasteiger partial charge in [0.25, 0.3) is 0 Å². The molecule has 1 atom stereocenters. The number of fused-ring (bicyclic) bond motifs is 1. The molecular weight excluding hydrogens is 316 g/mol. The predicted molar refractivity (Wildman–Crippen MR) is 93.1 cm³/mol. The third-order valence-corrected chi connectivity index (χ3v) is 5.52. The zero-order valence-electron chi connectivity index (χ0n) is 14.5. The van der Waals surface area contributed by atoms with Crippen LogP contribution in [0.4, 0.5) is 4.79 Å². The maximum atomic E-state index is 12.4. The fourth-order valence-corrected chi connectivity index (χ4v) is 3.87. The molecule has 2 amide bonds. The van der Waals surface area contributed by atoms with Crippen molar-refractivity contribution in [2.45, 2.75) is 51.0 Å². The van der Waals surface area contributed by atoms with Crippen LogP contribution in [0.25, 0.3) is 0 Å². The van der Waals surface area contributed by atoms with E-state index in [2.05, 4.69) is 45.0 Å². The smallest absolute Gasteiger partial charge is 0.315 e. The van der Waals surface area contributed by atoms with Crippen LogP contribution in [0, 0.1) is 12.8 Å². The van der Waals surface area contributed by atoms with Crippen molar-refractivity contribution in [1.82, 2.24) is 20.8 Å². The van der Waals surface area contributed by atoms with E-state index in [1.807, 2.05) is 0 Å². The average molecular weight is 340 g/mol. The number of rotatable bonds is 4. The number of hydrogen-bond donors (Lipinski definition) is 2. The van der Waals surface area contributed by atoms with Gasteiger partial charge in [-0.1, -0.05) is 29.4 Å². The van der Waals surface area contributed by atoms with Gasteiger partial charge in [-0.2, -0.15) is 4.98 Å². The molecule has 6 nitrogen and oxygen atoms in total. The van der Waals surface area contributed by atoms with Crippen LogP contribution in [-0.4, -0.2) is 22.7 Å². The number of aryl methyl sites for hydroxylation is 2. The lowest BCUT2D eigenvalue weighted by molar-refractivity contribution is 0.164. The van der Waals surface area contributed by atoms with Crippen molar-refractivity contribution in [3.63, 3.8) is 0 Å². The van der Waals surface area contributed by atoms with Gasteiger partial charge in [-0.15, -0.1) is 0 Å². The van der Waals surface area contributed by atoms with E-state index in [0.29, 0.717) is 24.2 Å². The van der Waals surface area contributed by atoms with Crippen LogP contribution in [0.3, 0.4) is 0 Å². The number of carbonyl (C=O) groups is 1. The summed E-state index contributed by atoms with van der Waals surface area (Å²) in [5.74, 6) is 1.62. The number of amides is 2. The standard InChI is InChI=1S/C19H24N4O2/c1-13-21-17(23-25-13)19(9-4-10-19)22-18(24)20-12-14-7-8-15-5-2-3-6-16(15)11-14/h2-3,5-6,14H,4,7-12H2,1H3,(H2,20,22,24)/t14-/m1/s1. The summed E-state index contributed by atoms with van der Waals surface area (Å²) in [5, 5.41) is 10.1. The Labute approximate surface area is 147 Å². The zero-order chi connectivity index (χ0) is 17.3. The number of aromatic nitrogens is 2. The Morgan fingerprint density at radius 2 is 2.12 bits per heavy atom. The number of carbonyl (C=O) groups excluding carboxylic acids is 1. The van der Waals surface area contributed by atoms with Crippen molar-refractivity contribution in [3.05, 3.63) is 47.1 Å². The molecule has 4 rings (SSSR count). The highest BCUT2D eigenvalue weighted by Crippen LogP contribution is 2.39. The summed E-state index contributed by atoms with van der Waals surface area (Å²) in [6.45, 7) is 2.46. The average Bonchev–Trinajstić information content (AvgIpc) is 3.02. The quantitative estimate of drug-likeness (QED) is 0.897. The van der Waals surface area contributed by atoms with Gasteiger partial charge in [0, 0.05) is 13.5 Å². The molecule has 2 N–H and O–H groups in total. The molecule has 2 aliphatic rings. The molecule has 2 aliphatic carbocycles. The fourth-order valence-electron chi connectivity index (χ4n) is 3.87. The van der Waals surface area contributed by atoms with Gasteiger partial charge in [-0.05, 0) is 55.6 Å². The highest BCUT2D eigenvalue weighted by Gasteiger charge is 2.44. The van der Waals surface area contributed by atoms with Crippen molar-refractivity contribution in [1.29, 1.82) is 0 Å². The van der Waals surface area contributed by atoms with Gasteiger partial charge in [0.2, 0.25) is 5.89 Å². The minimum absolute atomic E-state index is 0.138. The van der Waals surface area contributed by atoms with Crippen LogP contribution in [0.1, 0.15) is 48.5 Å². The second-order valence-corrected chi connectivity index (χ2v) is 7.29. The first kappa shape index (κ1) is 16.1. The summed E-state index contributed by atoms with van der Waals surface area (Å²) in [6.07, 6.45) is 6.02. The van der Waals surface area contributed by atoms with Crippen LogP contribution < -0.4 is 10.6 Å². The van der Waals surface area contributed by atoms with Crippen molar-refractivity contribution in [2.24, 2.45) is 5.92 Å². The molecule has 0 spiro atoms. The van der Waals surface area contributed by atoms with Crippen LogP contribution in [-0.2, 0) is 18.4 Å². The maximum absolute atomic E-state index is 12.4. The molecule has 0 aliphatic heterocycles. The van der Waals surface area contributed by atoms with E-state index in [9.17, 15) is 4.79 Å². The van der Waals surface area contributed by atoms with Gasteiger partial charge in [0.1, 0.15) is 5.54 Å². The topological polar surface area (TPSA) is 80.0 Å². The Balaban J connectivity index is 1.32. The third kappa shape index (κ3) is 3.25. The molecule has 1 heterocycles. The van der Waals surface area contributed by atoms with Crippen molar-refractivity contribution in [3.8, 4) is 0 Å². The SMILES string of the molecule is Cc1nc(C2(NC(=O)NC[C@@H]3CCc4ccccc4C3)CCC2)no1. The summed E-state index contributed by atoms with van der Waals surface area (Å²) in [6, 6.07) is 8.46. The number of nitrogens with zero attached hydrogens (tertiary/aromatic N) is 2. The molecule has 6 heteroatoms. The first-order valence-corrected chi connectivity index (χ1v) is 9.08. The lowest BCUT2D eigenvalue weighted by Gasteiger charge is -2.39. The van der Waals surface area contributed by atoms with Gasteiger partial charge in [-0.25, -0.2) is 4.79 Å². The molecule has 0 saturated heterocycles. The Hall–Kier alpha value is -2.37. The molecule has 1 saturated carbocycles. The van der Waals surface area contributed by atoms with Gasteiger partial charge >= 0.3 is 6.03 Å². The molecule has 0 unspecified atom stereocenters. The Morgan fingerprint density at radius 3 is 2.80 bits per heavy atom. The highest BCUT2D eigenvalue weighted by molar-refractivity contribution is 5.75. The van der Waals surface area contributed by atoms with Gasteiger partial charge < -0.3 is 15.2 Å². The van der Waals surface area contributed by atoms with Crippen molar-refractivity contribution < 1.29 is 9.32 Å². The van der Waals surface area contributed by atoms with E-state index in [1.54, 1.807) is 6.92 Å². The lowest BCUT2D eigenvalue weighted by Crippen LogP contribution is -2.55. The van der Waals surface area contributed by atoms with Crippen molar-refractivity contribution >= 4 is 6.03 Å². The zero-order valence-corrected chi connectivity index (χ0v) is 14.5. The maximum Gasteiger partial charge on any atom is 0.315 e. The van der Waals surface area contributed by atoms with E-state index in [0.717, 1.165) is 38.5 Å². The summed E-state index contributed by atoms with van der Waals surface area (Å²) >= 11 is 0. The van der Waals surface area contributed by atoms with Crippen LogP contribution >= 0.6 is 0 Å². The molecule has 1 aromatic carbocycles. The molecule has 2 aromatic rings. The lowest BCUT2D eigenvalue weighted by atomic mass is 9.76. The van der Waals surface area contributed by atoms with E-state index in [4.69, 9.17) is 4.52 Å². The van der Waals surface area contributed by atoms with Crippen LogP contribution in [0.2, 0.25) is 0 Å². The Morgan fingerprint density at radius 1 is 1.32 bits per heavy atom. The minimum atomic E-state index is -0.457. The molecule has 132 valence electrons. The second kappa shape index (κ2) is 6.50. The Bertz CT molecular complexity index is 766.